The third-order valence-corrected chi connectivity index (χ3v) is 3.06. The molecule has 1 aromatic carbocycles. The third kappa shape index (κ3) is 3.57. The molecule has 0 spiro atoms. The molecule has 0 N–H and O–H groups in total. The van der Waals surface area contributed by atoms with E-state index in [-0.39, 0.29) is 5.60 Å². The Morgan fingerprint density at radius 1 is 1.21 bits per heavy atom. The van der Waals surface area contributed by atoms with E-state index < -0.39 is 0 Å². The van der Waals surface area contributed by atoms with E-state index in [0.717, 1.165) is 31.5 Å². The van der Waals surface area contributed by atoms with Crippen molar-refractivity contribution in [3.63, 3.8) is 0 Å². The minimum atomic E-state index is -0.0820. The van der Waals surface area contributed by atoms with E-state index in [1.54, 1.807) is 0 Å². The summed E-state index contributed by atoms with van der Waals surface area (Å²) in [5, 5.41) is 0. The number of ether oxygens (including phenoxy) is 1. The molecule has 0 amide bonds. The smallest absolute Gasteiger partial charge is 0.109 e. The molecule has 104 valence electrons. The van der Waals surface area contributed by atoms with Crippen LogP contribution in [0.5, 0.6) is 0 Å². The van der Waals surface area contributed by atoms with Gasteiger partial charge in [-0.1, -0.05) is 19.1 Å². The Labute approximate surface area is 115 Å². The number of para-hydroxylation sites is 2. The van der Waals surface area contributed by atoms with Gasteiger partial charge in [-0.15, -0.1) is 0 Å². The largest absolute Gasteiger partial charge is 0.374 e. The van der Waals surface area contributed by atoms with E-state index >= 15 is 0 Å². The Morgan fingerprint density at radius 2 is 1.95 bits per heavy atom. The van der Waals surface area contributed by atoms with E-state index in [1.165, 1.54) is 11.3 Å². The highest BCUT2D eigenvalue weighted by Gasteiger charge is 2.12. The van der Waals surface area contributed by atoms with Crippen LogP contribution < -0.4 is 0 Å². The Morgan fingerprint density at radius 3 is 2.63 bits per heavy atom. The molecular weight excluding hydrogens is 236 g/mol. The summed E-state index contributed by atoms with van der Waals surface area (Å²) in [6.07, 6.45) is 2.13. The van der Waals surface area contributed by atoms with Crippen molar-refractivity contribution in [2.45, 2.75) is 52.7 Å². The number of nitrogens with zero attached hydrogens (tertiary/aromatic N) is 2. The van der Waals surface area contributed by atoms with Gasteiger partial charge >= 0.3 is 0 Å². The van der Waals surface area contributed by atoms with E-state index in [9.17, 15) is 0 Å². The molecule has 0 saturated heterocycles. The fourth-order valence-electron chi connectivity index (χ4n) is 2.23. The van der Waals surface area contributed by atoms with Crippen molar-refractivity contribution < 1.29 is 4.74 Å². The van der Waals surface area contributed by atoms with E-state index in [2.05, 4.69) is 50.5 Å². The Hall–Kier alpha value is -1.35. The first-order valence-corrected chi connectivity index (χ1v) is 7.09. The van der Waals surface area contributed by atoms with Crippen LogP contribution in [0.15, 0.2) is 24.3 Å². The number of hydrogen-bond donors (Lipinski definition) is 0. The number of hydrogen-bond acceptors (Lipinski definition) is 2. The van der Waals surface area contributed by atoms with Crippen molar-refractivity contribution in [2.75, 3.05) is 6.61 Å². The SMILES string of the molecule is CCCc1nc2ccccc2n1CCOC(C)(C)C. The quantitative estimate of drug-likeness (QED) is 0.817. The predicted octanol–water partition coefficient (Wildman–Crippen LogP) is 3.80. The normalized spacial score (nSPS) is 12.2. The monoisotopic (exact) mass is 260 g/mol. The van der Waals surface area contributed by atoms with Crippen molar-refractivity contribution in [3.8, 4) is 0 Å². The zero-order valence-corrected chi connectivity index (χ0v) is 12.4. The van der Waals surface area contributed by atoms with E-state index in [1.807, 2.05) is 6.07 Å². The summed E-state index contributed by atoms with van der Waals surface area (Å²) < 4.78 is 8.13. The Bertz CT molecular complexity index is 537. The number of rotatable bonds is 5. The van der Waals surface area contributed by atoms with Crippen LogP contribution >= 0.6 is 0 Å². The van der Waals surface area contributed by atoms with Gasteiger partial charge in [0.1, 0.15) is 5.82 Å². The summed E-state index contributed by atoms with van der Waals surface area (Å²) in [6, 6.07) is 8.33. The van der Waals surface area contributed by atoms with Gasteiger partial charge in [-0.3, -0.25) is 0 Å². The molecule has 2 aromatic rings. The lowest BCUT2D eigenvalue weighted by atomic mass is 10.2. The molecule has 3 heteroatoms. The Kier molecular flexibility index (Phi) is 4.25. The lowest BCUT2D eigenvalue weighted by Crippen LogP contribution is -2.22. The summed E-state index contributed by atoms with van der Waals surface area (Å²) in [7, 11) is 0. The molecule has 0 saturated carbocycles. The van der Waals surface area contributed by atoms with Crippen molar-refractivity contribution in [3.05, 3.63) is 30.1 Å². The second-order valence-corrected chi connectivity index (χ2v) is 5.88. The topological polar surface area (TPSA) is 27.1 Å². The molecule has 1 heterocycles. The van der Waals surface area contributed by atoms with Crippen molar-refractivity contribution in [2.24, 2.45) is 0 Å². The third-order valence-electron chi connectivity index (χ3n) is 3.06. The van der Waals surface area contributed by atoms with Gasteiger partial charge < -0.3 is 9.30 Å². The van der Waals surface area contributed by atoms with Gasteiger partial charge in [0, 0.05) is 13.0 Å². The first kappa shape index (κ1) is 14.1. The summed E-state index contributed by atoms with van der Waals surface area (Å²) >= 11 is 0. The maximum absolute atomic E-state index is 5.84. The molecule has 0 atom stereocenters. The van der Waals surface area contributed by atoms with E-state index in [0.29, 0.717) is 0 Å². The molecule has 2 rings (SSSR count). The van der Waals surface area contributed by atoms with Crippen LogP contribution in [0.25, 0.3) is 11.0 Å². The first-order valence-electron chi connectivity index (χ1n) is 7.09. The maximum atomic E-state index is 5.84. The average molecular weight is 260 g/mol. The van der Waals surface area contributed by atoms with Gasteiger partial charge in [0.05, 0.1) is 23.2 Å². The molecule has 0 aliphatic rings. The average Bonchev–Trinajstić information content (AvgIpc) is 2.67. The van der Waals surface area contributed by atoms with E-state index in [4.69, 9.17) is 9.72 Å². The number of benzene rings is 1. The molecule has 3 nitrogen and oxygen atoms in total. The highest BCUT2D eigenvalue weighted by Crippen LogP contribution is 2.17. The van der Waals surface area contributed by atoms with Gasteiger partial charge in [0.15, 0.2) is 0 Å². The minimum absolute atomic E-state index is 0.0820. The standard InChI is InChI=1S/C16H24N2O/c1-5-8-15-17-13-9-6-7-10-14(13)18(15)11-12-19-16(2,3)4/h6-7,9-10H,5,8,11-12H2,1-4H3. The Balaban J connectivity index is 2.21. The van der Waals surface area contributed by atoms with Crippen molar-refractivity contribution >= 4 is 11.0 Å². The molecule has 1 aromatic heterocycles. The van der Waals surface area contributed by atoms with Crippen LogP contribution in [0.2, 0.25) is 0 Å². The fourth-order valence-corrected chi connectivity index (χ4v) is 2.23. The van der Waals surface area contributed by atoms with Crippen LogP contribution in [0, 0.1) is 0 Å². The predicted molar refractivity (Wildman–Crippen MR) is 79.4 cm³/mol. The summed E-state index contributed by atoms with van der Waals surface area (Å²) in [4.78, 5) is 4.72. The minimum Gasteiger partial charge on any atom is -0.374 e. The van der Waals surface area contributed by atoms with Gasteiger partial charge in [-0.2, -0.15) is 0 Å². The number of aromatic nitrogens is 2. The van der Waals surface area contributed by atoms with Crippen LogP contribution in [-0.2, 0) is 17.7 Å². The molecule has 0 fully saturated rings. The van der Waals surface area contributed by atoms with Gasteiger partial charge in [-0.25, -0.2) is 4.98 Å². The molecule has 0 bridgehead atoms. The lowest BCUT2D eigenvalue weighted by molar-refractivity contribution is -0.00672. The fraction of sp³-hybridized carbons (Fsp3) is 0.562. The van der Waals surface area contributed by atoms with Crippen LogP contribution in [-0.4, -0.2) is 21.8 Å². The molecule has 0 unspecified atom stereocenters. The maximum Gasteiger partial charge on any atom is 0.109 e. The van der Waals surface area contributed by atoms with Crippen LogP contribution in [0.1, 0.15) is 39.9 Å². The number of imidazole rings is 1. The van der Waals surface area contributed by atoms with Crippen LogP contribution in [0.4, 0.5) is 0 Å². The lowest BCUT2D eigenvalue weighted by Gasteiger charge is -2.20. The van der Waals surface area contributed by atoms with Gasteiger partial charge in [0.2, 0.25) is 0 Å². The number of aryl methyl sites for hydroxylation is 1. The molecular formula is C16H24N2O. The highest BCUT2D eigenvalue weighted by atomic mass is 16.5. The van der Waals surface area contributed by atoms with Gasteiger partial charge in [0.25, 0.3) is 0 Å². The first-order chi connectivity index (χ1) is 9.01. The summed E-state index contributed by atoms with van der Waals surface area (Å²) in [6.45, 7) is 10.0. The molecule has 0 aliphatic carbocycles. The molecule has 0 radical (unpaired) electrons. The van der Waals surface area contributed by atoms with Gasteiger partial charge in [-0.05, 0) is 39.3 Å². The zero-order valence-electron chi connectivity index (χ0n) is 12.4. The zero-order chi connectivity index (χ0) is 13.9. The second-order valence-electron chi connectivity index (χ2n) is 5.88. The second kappa shape index (κ2) is 5.74. The highest BCUT2D eigenvalue weighted by molar-refractivity contribution is 5.75. The number of fused-ring (bicyclic) bond motifs is 1. The van der Waals surface area contributed by atoms with Crippen molar-refractivity contribution in [1.29, 1.82) is 0 Å². The van der Waals surface area contributed by atoms with Crippen LogP contribution in [0.3, 0.4) is 0 Å². The summed E-state index contributed by atoms with van der Waals surface area (Å²) in [5.41, 5.74) is 2.21. The summed E-state index contributed by atoms with van der Waals surface area (Å²) in [5.74, 6) is 1.17. The molecule has 19 heavy (non-hydrogen) atoms. The van der Waals surface area contributed by atoms with Crippen molar-refractivity contribution in [1.82, 2.24) is 9.55 Å². The molecule has 0 aliphatic heterocycles.